The molecule has 0 spiro atoms. The van der Waals surface area contributed by atoms with Crippen LogP contribution in [0, 0.1) is 23.7 Å². The SMILES string of the molecule is COc1cc(O)c([C@H]2C3=CC[C@@H]4C(=O)N(c5ccc(Cl)cc5)C(=O)[C@@H]4[C@@H]3C[C@H]3C(=O)N(c4cccc(Cl)c4)C(=O)[C@@]23c2ccccc2)c(OC)c1. The monoisotopic (exact) mass is 722 g/mol. The summed E-state index contributed by atoms with van der Waals surface area (Å²) in [4.78, 5) is 61.3. The van der Waals surface area contributed by atoms with Crippen LogP contribution >= 0.6 is 23.2 Å². The molecule has 2 saturated heterocycles. The fourth-order valence-corrected chi connectivity index (χ4v) is 9.38. The Hall–Kier alpha value is -5.12. The van der Waals surface area contributed by atoms with E-state index >= 15 is 4.79 Å². The molecule has 4 aliphatic rings. The maximum absolute atomic E-state index is 15.4. The number of hydrogen-bond acceptors (Lipinski definition) is 7. The first kappa shape index (κ1) is 33.0. The predicted molar refractivity (Wildman–Crippen MR) is 191 cm³/mol. The predicted octanol–water partition coefficient (Wildman–Crippen LogP) is 7.08. The number of rotatable bonds is 6. The number of allylic oxidation sites excluding steroid dienone is 2. The van der Waals surface area contributed by atoms with Crippen LogP contribution in [-0.4, -0.2) is 43.0 Å². The maximum Gasteiger partial charge on any atom is 0.246 e. The molecule has 0 radical (unpaired) electrons. The van der Waals surface area contributed by atoms with Crippen LogP contribution in [0.1, 0.15) is 29.9 Å². The lowest BCUT2D eigenvalue weighted by Crippen LogP contribution is -2.53. The minimum atomic E-state index is -1.59. The first-order valence-corrected chi connectivity index (χ1v) is 17.3. The van der Waals surface area contributed by atoms with Crippen molar-refractivity contribution in [1.29, 1.82) is 0 Å². The van der Waals surface area contributed by atoms with Gasteiger partial charge in [-0.05, 0) is 66.8 Å². The third kappa shape index (κ3) is 4.74. The van der Waals surface area contributed by atoms with Gasteiger partial charge in [0.05, 0.1) is 48.8 Å². The molecule has 9 nitrogen and oxygen atoms in total. The van der Waals surface area contributed by atoms with Crippen molar-refractivity contribution in [3.63, 3.8) is 0 Å². The molecule has 258 valence electrons. The van der Waals surface area contributed by atoms with E-state index in [1.165, 1.54) is 30.1 Å². The number of halogens is 2. The van der Waals surface area contributed by atoms with Crippen molar-refractivity contribution in [2.75, 3.05) is 24.0 Å². The summed E-state index contributed by atoms with van der Waals surface area (Å²) in [5.41, 5.74) is 0.660. The van der Waals surface area contributed by atoms with Crippen molar-refractivity contribution in [3.05, 3.63) is 124 Å². The lowest BCUT2D eigenvalue weighted by atomic mass is 9.49. The van der Waals surface area contributed by atoms with Crippen LogP contribution in [0.15, 0.2) is 103 Å². The molecule has 2 aliphatic heterocycles. The fraction of sp³-hybridized carbons (Fsp3) is 0.250. The minimum absolute atomic E-state index is 0.104. The Kier molecular flexibility index (Phi) is 7.96. The fourth-order valence-electron chi connectivity index (χ4n) is 9.07. The van der Waals surface area contributed by atoms with E-state index in [1.54, 1.807) is 54.6 Å². The Morgan fingerprint density at radius 3 is 2.18 bits per heavy atom. The molecule has 0 bridgehead atoms. The van der Waals surface area contributed by atoms with E-state index in [1.807, 2.05) is 36.4 Å². The summed E-state index contributed by atoms with van der Waals surface area (Å²) >= 11 is 12.5. The Morgan fingerprint density at radius 2 is 1.49 bits per heavy atom. The Bertz CT molecular complexity index is 2150. The average Bonchev–Trinajstić information content (AvgIpc) is 3.53. The van der Waals surface area contributed by atoms with Gasteiger partial charge in [-0.3, -0.25) is 24.1 Å². The van der Waals surface area contributed by atoms with Crippen LogP contribution in [0.4, 0.5) is 11.4 Å². The lowest BCUT2D eigenvalue weighted by molar-refractivity contribution is -0.127. The number of benzene rings is 4. The van der Waals surface area contributed by atoms with Crippen molar-refractivity contribution in [3.8, 4) is 17.2 Å². The standard InChI is InChI=1S/C40H32Cl2N2O7/c1-50-26-18-31(45)34(32(19-26)51-2)35-27-15-16-28-33(38(48)43(36(28)46)24-13-11-22(41)12-14-24)29(27)20-30-37(47)44(25-10-6-9-23(42)17-25)39(49)40(30,35)21-7-4-3-5-8-21/h3-15,17-19,28-30,33,35,45H,16,20H2,1-2H3/t28-,29+,30-,33-,35+,40+/m0/s1. The van der Waals surface area contributed by atoms with E-state index in [0.717, 1.165) is 0 Å². The smallest absolute Gasteiger partial charge is 0.246 e. The van der Waals surface area contributed by atoms with E-state index < -0.39 is 46.8 Å². The number of carbonyl (C=O) groups excluding carboxylic acids is 4. The molecule has 4 aromatic carbocycles. The topological polar surface area (TPSA) is 113 Å². The van der Waals surface area contributed by atoms with Gasteiger partial charge < -0.3 is 14.6 Å². The third-order valence-corrected chi connectivity index (χ3v) is 11.6. The molecular weight excluding hydrogens is 691 g/mol. The van der Waals surface area contributed by atoms with E-state index in [4.69, 9.17) is 32.7 Å². The second-order valence-corrected chi connectivity index (χ2v) is 14.2. The van der Waals surface area contributed by atoms with E-state index in [9.17, 15) is 19.5 Å². The van der Waals surface area contributed by atoms with Gasteiger partial charge in [0.1, 0.15) is 17.2 Å². The number of ether oxygens (including phenoxy) is 2. The summed E-state index contributed by atoms with van der Waals surface area (Å²) in [5, 5.41) is 12.7. The van der Waals surface area contributed by atoms with Crippen molar-refractivity contribution >= 4 is 58.2 Å². The van der Waals surface area contributed by atoms with Crippen LogP contribution in [0.5, 0.6) is 17.2 Å². The summed E-state index contributed by atoms with van der Waals surface area (Å²) in [6.07, 6.45) is 2.25. The zero-order chi connectivity index (χ0) is 35.8. The van der Waals surface area contributed by atoms with Crippen molar-refractivity contribution in [2.24, 2.45) is 23.7 Å². The number of imide groups is 2. The second-order valence-electron chi connectivity index (χ2n) is 13.3. The van der Waals surface area contributed by atoms with Gasteiger partial charge in [0.25, 0.3) is 0 Å². The number of phenolic OH excluding ortho intramolecular Hbond substituents is 1. The van der Waals surface area contributed by atoms with Crippen LogP contribution in [0.2, 0.25) is 10.0 Å². The Morgan fingerprint density at radius 1 is 0.745 bits per heavy atom. The first-order valence-electron chi connectivity index (χ1n) is 16.6. The molecule has 0 unspecified atom stereocenters. The van der Waals surface area contributed by atoms with Crippen LogP contribution in [-0.2, 0) is 24.6 Å². The number of fused-ring (bicyclic) bond motifs is 4. The zero-order valence-corrected chi connectivity index (χ0v) is 29.1. The first-order chi connectivity index (χ1) is 24.6. The van der Waals surface area contributed by atoms with Crippen LogP contribution in [0.3, 0.4) is 0 Å². The highest BCUT2D eigenvalue weighted by molar-refractivity contribution is 6.32. The highest BCUT2D eigenvalue weighted by Gasteiger charge is 2.71. The Labute approximate surface area is 304 Å². The quantitative estimate of drug-likeness (QED) is 0.167. The Balaban J connectivity index is 1.39. The molecule has 4 amide bonds. The van der Waals surface area contributed by atoms with Crippen LogP contribution in [0.25, 0.3) is 0 Å². The number of nitrogens with zero attached hydrogens (tertiary/aromatic N) is 2. The molecule has 6 atom stereocenters. The molecular formula is C40H32Cl2N2O7. The minimum Gasteiger partial charge on any atom is -0.507 e. The molecule has 3 fully saturated rings. The molecule has 51 heavy (non-hydrogen) atoms. The molecule has 8 rings (SSSR count). The molecule has 11 heteroatoms. The van der Waals surface area contributed by atoms with Gasteiger partial charge in [0, 0.05) is 33.7 Å². The van der Waals surface area contributed by atoms with Crippen molar-refractivity contribution < 1.29 is 33.8 Å². The van der Waals surface area contributed by atoms with Gasteiger partial charge in [-0.25, -0.2) is 4.90 Å². The highest BCUT2D eigenvalue weighted by Crippen LogP contribution is 2.66. The van der Waals surface area contributed by atoms with Gasteiger partial charge >= 0.3 is 0 Å². The second kappa shape index (κ2) is 12.3. The number of carbonyl (C=O) groups is 4. The van der Waals surface area contributed by atoms with Crippen molar-refractivity contribution in [1.82, 2.24) is 0 Å². The number of amides is 4. The molecule has 1 N–H and O–H groups in total. The summed E-state index contributed by atoms with van der Waals surface area (Å²) in [6.45, 7) is 0. The van der Waals surface area contributed by atoms with E-state index in [2.05, 4.69) is 0 Å². The average molecular weight is 724 g/mol. The molecule has 2 heterocycles. The van der Waals surface area contributed by atoms with E-state index in [0.29, 0.717) is 38.3 Å². The van der Waals surface area contributed by atoms with Gasteiger partial charge in [-0.1, -0.05) is 71.2 Å². The number of anilines is 2. The lowest BCUT2D eigenvalue weighted by Gasteiger charge is -2.51. The number of hydrogen-bond donors (Lipinski definition) is 1. The third-order valence-electron chi connectivity index (χ3n) is 11.1. The number of methoxy groups -OCH3 is 2. The molecule has 0 aromatic heterocycles. The molecule has 4 aromatic rings. The van der Waals surface area contributed by atoms with E-state index in [-0.39, 0.29) is 41.7 Å². The summed E-state index contributed by atoms with van der Waals surface area (Å²) in [6, 6.07) is 25.2. The van der Waals surface area contributed by atoms with Crippen LogP contribution < -0.4 is 19.3 Å². The summed E-state index contributed by atoms with van der Waals surface area (Å²) in [5.74, 6) is -5.44. The van der Waals surface area contributed by atoms with Gasteiger partial charge in [-0.15, -0.1) is 0 Å². The maximum atomic E-state index is 15.4. The van der Waals surface area contributed by atoms with Crippen molar-refractivity contribution in [2.45, 2.75) is 24.2 Å². The number of phenols is 1. The normalized spacial score (nSPS) is 26.8. The number of aromatic hydroxyl groups is 1. The zero-order valence-electron chi connectivity index (χ0n) is 27.6. The highest BCUT2D eigenvalue weighted by atomic mass is 35.5. The largest absolute Gasteiger partial charge is 0.507 e. The molecule has 1 saturated carbocycles. The summed E-state index contributed by atoms with van der Waals surface area (Å²) in [7, 11) is 2.92. The van der Waals surface area contributed by atoms with Gasteiger partial charge in [0.15, 0.2) is 0 Å². The molecule has 2 aliphatic carbocycles. The van der Waals surface area contributed by atoms with Gasteiger partial charge in [-0.2, -0.15) is 0 Å². The summed E-state index contributed by atoms with van der Waals surface area (Å²) < 4.78 is 11.4. The van der Waals surface area contributed by atoms with Gasteiger partial charge in [0.2, 0.25) is 23.6 Å².